The second-order valence-corrected chi connectivity index (χ2v) is 7.67. The fourth-order valence-electron chi connectivity index (χ4n) is 3.83. The molecule has 0 fully saturated rings. The van der Waals surface area contributed by atoms with Gasteiger partial charge >= 0.3 is 5.97 Å². The number of thiophene rings is 1. The highest BCUT2D eigenvalue weighted by Gasteiger charge is 2.29. The molecule has 2 aliphatic carbocycles. The summed E-state index contributed by atoms with van der Waals surface area (Å²) in [7, 11) is 0. The summed E-state index contributed by atoms with van der Waals surface area (Å²) < 4.78 is 4.91. The van der Waals surface area contributed by atoms with E-state index in [0.29, 0.717) is 24.2 Å². The number of carboxylic acids is 1. The van der Waals surface area contributed by atoms with Crippen LogP contribution < -0.4 is 0 Å². The van der Waals surface area contributed by atoms with Crippen molar-refractivity contribution in [2.24, 2.45) is 0 Å². The molecule has 0 atom stereocenters. The van der Waals surface area contributed by atoms with Gasteiger partial charge in [-0.2, -0.15) is 4.98 Å². The second kappa shape index (κ2) is 6.55. The molecular weight excluding hydrogens is 340 g/mol. The number of rotatable bonds is 5. The average molecular weight is 358 g/mol. The summed E-state index contributed by atoms with van der Waals surface area (Å²) in [6.45, 7) is 0. The number of aliphatic carboxylic acids is 1. The Labute approximate surface area is 148 Å². The minimum Gasteiger partial charge on any atom is -0.478 e. The third-order valence-electron chi connectivity index (χ3n) is 4.96. The number of fused-ring (bicyclic) bond motifs is 1. The summed E-state index contributed by atoms with van der Waals surface area (Å²) in [5, 5.41) is 13.3. The quantitative estimate of drug-likeness (QED) is 0.881. The third kappa shape index (κ3) is 2.93. The predicted octanol–water partition coefficient (Wildman–Crippen LogP) is 3.35. The van der Waals surface area contributed by atoms with Crippen LogP contribution >= 0.6 is 11.3 Å². The molecule has 0 spiro atoms. The molecule has 0 amide bonds. The van der Waals surface area contributed by atoms with Crippen molar-refractivity contribution >= 4 is 23.1 Å². The first-order chi connectivity index (χ1) is 12.1. The molecule has 130 valence electrons. The second-order valence-electron chi connectivity index (χ2n) is 6.48. The van der Waals surface area contributed by atoms with Gasteiger partial charge in [0.25, 0.3) is 0 Å². The van der Waals surface area contributed by atoms with E-state index in [4.69, 9.17) is 4.52 Å². The maximum atomic E-state index is 12.8. The lowest BCUT2D eigenvalue weighted by atomic mass is 9.93. The number of nitrogens with zero attached hydrogens (tertiary/aromatic N) is 2. The lowest BCUT2D eigenvalue weighted by Crippen LogP contribution is -2.10. The zero-order valence-corrected chi connectivity index (χ0v) is 14.5. The van der Waals surface area contributed by atoms with Gasteiger partial charge in [-0.1, -0.05) is 5.16 Å². The summed E-state index contributed by atoms with van der Waals surface area (Å²) >= 11 is 1.64. The van der Waals surface area contributed by atoms with Gasteiger partial charge in [0.05, 0.1) is 0 Å². The summed E-state index contributed by atoms with van der Waals surface area (Å²) in [4.78, 5) is 30.5. The van der Waals surface area contributed by atoms with E-state index < -0.39 is 5.97 Å². The summed E-state index contributed by atoms with van der Waals surface area (Å²) in [5.74, 6) is -0.524. The smallest absolute Gasteiger partial charge is 0.331 e. The van der Waals surface area contributed by atoms with Crippen LogP contribution in [0.3, 0.4) is 0 Å². The molecule has 2 aliphatic rings. The molecule has 25 heavy (non-hydrogen) atoms. The maximum Gasteiger partial charge on any atom is 0.331 e. The van der Waals surface area contributed by atoms with E-state index in [9.17, 15) is 14.7 Å². The molecule has 0 aliphatic heterocycles. The van der Waals surface area contributed by atoms with Crippen molar-refractivity contribution in [3.63, 3.8) is 0 Å². The van der Waals surface area contributed by atoms with Crippen LogP contribution in [0.15, 0.2) is 22.1 Å². The molecule has 2 heterocycles. The Morgan fingerprint density at radius 3 is 2.68 bits per heavy atom. The molecule has 0 unspecified atom stereocenters. The molecule has 6 nitrogen and oxygen atoms in total. The molecule has 1 N–H and O–H groups in total. The number of Topliss-reactive ketones (excluding diaryl/α,β-unsaturated/α-hetero) is 1. The van der Waals surface area contributed by atoms with Gasteiger partial charge in [0.2, 0.25) is 12.2 Å². The molecule has 4 rings (SSSR count). The summed E-state index contributed by atoms with van der Waals surface area (Å²) in [6.07, 6.45) is 7.55. The van der Waals surface area contributed by atoms with Crippen LogP contribution in [-0.4, -0.2) is 27.0 Å². The van der Waals surface area contributed by atoms with Crippen LogP contribution in [0.2, 0.25) is 0 Å². The normalized spacial score (nSPS) is 17.0. The Bertz CT molecular complexity index is 864. The molecule has 0 saturated carbocycles. The van der Waals surface area contributed by atoms with E-state index in [1.54, 1.807) is 11.3 Å². The number of aryl methyl sites for hydroxylation is 1. The third-order valence-corrected chi connectivity index (χ3v) is 6.25. The van der Waals surface area contributed by atoms with Crippen LogP contribution in [0.5, 0.6) is 0 Å². The van der Waals surface area contributed by atoms with Crippen molar-refractivity contribution in [3.8, 4) is 11.4 Å². The van der Waals surface area contributed by atoms with Gasteiger partial charge in [0.15, 0.2) is 5.78 Å². The summed E-state index contributed by atoms with van der Waals surface area (Å²) in [5.41, 5.74) is 2.93. The van der Waals surface area contributed by atoms with E-state index in [1.807, 2.05) is 0 Å². The highest BCUT2D eigenvalue weighted by Crippen LogP contribution is 2.40. The van der Waals surface area contributed by atoms with Crippen LogP contribution in [-0.2, 0) is 28.9 Å². The van der Waals surface area contributed by atoms with Crippen molar-refractivity contribution in [1.29, 1.82) is 0 Å². The Hall–Kier alpha value is -2.28. The number of carbonyl (C=O) groups excluding carboxylic acids is 1. The first-order valence-corrected chi connectivity index (χ1v) is 9.35. The minimum absolute atomic E-state index is 0.0850. The molecule has 0 bridgehead atoms. The van der Waals surface area contributed by atoms with E-state index >= 15 is 0 Å². The molecular formula is C18H18N2O4S. The molecule has 0 saturated heterocycles. The van der Waals surface area contributed by atoms with E-state index in [1.165, 1.54) is 16.8 Å². The SMILES string of the molecule is O=C(O)C1=C(C(=O)Cc2sc3c(c2-c2ncon2)CCCC3)CCC1. The summed E-state index contributed by atoms with van der Waals surface area (Å²) in [6, 6.07) is 0. The lowest BCUT2D eigenvalue weighted by Gasteiger charge is -2.11. The van der Waals surface area contributed by atoms with Crippen LogP contribution in [0.1, 0.15) is 47.4 Å². The topological polar surface area (TPSA) is 93.3 Å². The van der Waals surface area contributed by atoms with Gasteiger partial charge in [-0.15, -0.1) is 11.3 Å². The molecule has 2 aromatic rings. The van der Waals surface area contributed by atoms with Gasteiger partial charge in [-0.05, 0) is 50.5 Å². The van der Waals surface area contributed by atoms with Gasteiger partial charge in [0, 0.05) is 32.9 Å². The zero-order chi connectivity index (χ0) is 17.4. The Kier molecular flexibility index (Phi) is 4.25. The highest BCUT2D eigenvalue weighted by molar-refractivity contribution is 7.12. The van der Waals surface area contributed by atoms with Crippen LogP contribution in [0.25, 0.3) is 11.4 Å². The van der Waals surface area contributed by atoms with Crippen molar-refractivity contribution in [1.82, 2.24) is 10.1 Å². The first-order valence-electron chi connectivity index (χ1n) is 8.54. The van der Waals surface area contributed by atoms with Crippen molar-refractivity contribution in [2.75, 3.05) is 0 Å². The Morgan fingerprint density at radius 1 is 1.12 bits per heavy atom. The van der Waals surface area contributed by atoms with Crippen molar-refractivity contribution in [3.05, 3.63) is 32.9 Å². The van der Waals surface area contributed by atoms with Crippen molar-refractivity contribution < 1.29 is 19.2 Å². The Balaban J connectivity index is 1.71. The van der Waals surface area contributed by atoms with E-state index in [2.05, 4.69) is 10.1 Å². The average Bonchev–Trinajstić information content (AvgIpc) is 3.33. The minimum atomic E-state index is -0.968. The fourth-order valence-corrected chi connectivity index (χ4v) is 5.22. The largest absolute Gasteiger partial charge is 0.478 e. The first kappa shape index (κ1) is 16.2. The lowest BCUT2D eigenvalue weighted by molar-refractivity contribution is -0.133. The van der Waals surface area contributed by atoms with E-state index in [0.717, 1.165) is 42.5 Å². The highest BCUT2D eigenvalue weighted by atomic mass is 32.1. The monoisotopic (exact) mass is 358 g/mol. The number of hydrogen-bond acceptors (Lipinski definition) is 6. The van der Waals surface area contributed by atoms with Crippen LogP contribution in [0, 0.1) is 0 Å². The number of carbonyl (C=O) groups is 2. The van der Waals surface area contributed by atoms with Gasteiger partial charge in [-0.3, -0.25) is 4.79 Å². The molecule has 0 radical (unpaired) electrons. The standard InChI is InChI=1S/C18H18N2O4S/c21-13(10-5-3-6-11(10)18(22)23)8-15-16(17-19-9-24-20-17)12-4-1-2-7-14(12)25-15/h9H,1-8H2,(H,22,23). The molecule has 7 heteroatoms. The number of allylic oxidation sites excluding steroid dienone is 1. The van der Waals surface area contributed by atoms with E-state index in [-0.39, 0.29) is 17.8 Å². The predicted molar refractivity (Wildman–Crippen MR) is 91.5 cm³/mol. The number of aromatic nitrogens is 2. The maximum absolute atomic E-state index is 12.8. The number of hydrogen-bond donors (Lipinski definition) is 1. The molecule has 0 aromatic carbocycles. The van der Waals surface area contributed by atoms with Gasteiger partial charge < -0.3 is 9.63 Å². The van der Waals surface area contributed by atoms with Crippen LogP contribution in [0.4, 0.5) is 0 Å². The van der Waals surface area contributed by atoms with Crippen molar-refractivity contribution in [2.45, 2.75) is 51.4 Å². The number of ketones is 1. The van der Waals surface area contributed by atoms with Gasteiger partial charge in [-0.25, -0.2) is 4.79 Å². The molecule has 2 aromatic heterocycles. The fraction of sp³-hybridized carbons (Fsp3) is 0.444. The zero-order valence-electron chi connectivity index (χ0n) is 13.7. The Morgan fingerprint density at radius 2 is 1.92 bits per heavy atom. The number of carboxylic acid groups (broad SMARTS) is 1. The van der Waals surface area contributed by atoms with Gasteiger partial charge in [0.1, 0.15) is 0 Å².